The van der Waals surface area contributed by atoms with E-state index in [1.165, 1.54) is 25.7 Å². The number of rotatable bonds is 8. The Kier molecular flexibility index (Phi) is 6.69. The van der Waals surface area contributed by atoms with E-state index in [1.54, 1.807) is 6.20 Å². The van der Waals surface area contributed by atoms with Crippen LogP contribution in [0.25, 0.3) is 0 Å². The lowest BCUT2D eigenvalue weighted by atomic mass is 9.87. The number of aromatic nitrogens is 1. The number of hydrogen-bond acceptors (Lipinski definition) is 3. The molecule has 0 aliphatic heterocycles. The molecule has 0 fully saturated rings. The predicted molar refractivity (Wildman–Crippen MR) is 85.3 cm³/mol. The van der Waals surface area contributed by atoms with Crippen LogP contribution in [0.1, 0.15) is 70.2 Å². The fourth-order valence-electron chi connectivity index (χ4n) is 2.07. The molecule has 0 atom stereocenters. The van der Waals surface area contributed by atoms with E-state index in [1.807, 2.05) is 32.9 Å². The minimum atomic E-state index is -0.374. The first-order valence-electron chi connectivity index (χ1n) is 7.70. The maximum Gasteiger partial charge on any atom is 0.171 e. The van der Waals surface area contributed by atoms with Crippen molar-refractivity contribution in [2.75, 3.05) is 11.9 Å². The molecule has 0 amide bonds. The highest BCUT2D eigenvalue weighted by molar-refractivity contribution is 6.03. The van der Waals surface area contributed by atoms with Gasteiger partial charge in [-0.15, -0.1) is 0 Å². The Morgan fingerprint density at radius 3 is 2.55 bits per heavy atom. The largest absolute Gasteiger partial charge is 0.369 e. The molecule has 112 valence electrons. The number of unbranched alkanes of at least 4 members (excludes halogenated alkanes) is 4. The normalized spacial score (nSPS) is 11.4. The van der Waals surface area contributed by atoms with Crippen LogP contribution in [0.4, 0.5) is 5.82 Å². The second-order valence-corrected chi connectivity index (χ2v) is 6.32. The number of hydrogen-bond donors (Lipinski definition) is 1. The summed E-state index contributed by atoms with van der Waals surface area (Å²) in [6.07, 6.45) is 7.94. The Bertz CT molecular complexity index is 421. The summed E-state index contributed by atoms with van der Waals surface area (Å²) in [5, 5.41) is 3.31. The zero-order valence-electron chi connectivity index (χ0n) is 13.3. The van der Waals surface area contributed by atoms with Crippen LogP contribution in [0, 0.1) is 5.41 Å². The van der Waals surface area contributed by atoms with Crippen molar-refractivity contribution >= 4 is 11.6 Å². The zero-order valence-corrected chi connectivity index (χ0v) is 13.3. The minimum absolute atomic E-state index is 0.138. The Morgan fingerprint density at radius 1 is 1.20 bits per heavy atom. The second-order valence-electron chi connectivity index (χ2n) is 6.32. The highest BCUT2D eigenvalue weighted by atomic mass is 16.1. The first-order chi connectivity index (χ1) is 9.46. The first-order valence-corrected chi connectivity index (χ1v) is 7.70. The van der Waals surface area contributed by atoms with Crippen molar-refractivity contribution in [3.05, 3.63) is 23.9 Å². The molecule has 0 unspecified atom stereocenters. The molecule has 0 radical (unpaired) electrons. The molecule has 0 spiro atoms. The number of nitrogens with zero attached hydrogens (tertiary/aromatic N) is 1. The van der Waals surface area contributed by atoms with Crippen molar-refractivity contribution in [2.45, 2.75) is 59.8 Å². The summed E-state index contributed by atoms with van der Waals surface area (Å²) in [5.41, 5.74) is 0.328. The fourth-order valence-corrected chi connectivity index (χ4v) is 2.07. The quantitative estimate of drug-likeness (QED) is 0.553. The van der Waals surface area contributed by atoms with E-state index in [4.69, 9.17) is 0 Å². The van der Waals surface area contributed by atoms with E-state index >= 15 is 0 Å². The van der Waals surface area contributed by atoms with Crippen molar-refractivity contribution in [3.8, 4) is 0 Å². The van der Waals surface area contributed by atoms with Gasteiger partial charge in [-0.05, 0) is 18.6 Å². The van der Waals surface area contributed by atoms with E-state index in [-0.39, 0.29) is 11.2 Å². The molecule has 20 heavy (non-hydrogen) atoms. The number of carbonyl (C=O) groups excluding carboxylic acids is 1. The molecular formula is C17H28N2O. The monoisotopic (exact) mass is 276 g/mol. The number of ketones is 1. The Labute approximate surface area is 123 Å². The third kappa shape index (κ3) is 5.32. The standard InChI is InChI=1S/C17H28N2O/c1-5-6-7-8-9-12-18-16-14(11-10-13-19-16)15(20)17(2,3)4/h10-11,13H,5-9,12H2,1-4H3,(H,18,19). The van der Waals surface area contributed by atoms with E-state index in [0.717, 1.165) is 18.8 Å². The van der Waals surface area contributed by atoms with E-state index in [9.17, 15) is 4.79 Å². The van der Waals surface area contributed by atoms with Crippen LogP contribution in [0.5, 0.6) is 0 Å². The molecular weight excluding hydrogens is 248 g/mol. The van der Waals surface area contributed by atoms with Gasteiger partial charge in [-0.25, -0.2) is 4.98 Å². The molecule has 1 aromatic rings. The van der Waals surface area contributed by atoms with Gasteiger partial charge in [0, 0.05) is 18.2 Å². The van der Waals surface area contributed by atoms with Crippen LogP contribution < -0.4 is 5.32 Å². The molecule has 0 aliphatic rings. The van der Waals surface area contributed by atoms with Gasteiger partial charge < -0.3 is 5.32 Å². The molecule has 0 saturated carbocycles. The Hall–Kier alpha value is -1.38. The first kappa shape index (κ1) is 16.7. The molecule has 0 aliphatic carbocycles. The average molecular weight is 276 g/mol. The SMILES string of the molecule is CCCCCCCNc1ncccc1C(=O)C(C)(C)C. The van der Waals surface area contributed by atoms with Crippen LogP contribution in [0.3, 0.4) is 0 Å². The minimum Gasteiger partial charge on any atom is -0.369 e. The molecule has 0 bridgehead atoms. The Balaban J connectivity index is 2.56. The summed E-state index contributed by atoms with van der Waals surface area (Å²) >= 11 is 0. The van der Waals surface area contributed by atoms with Gasteiger partial charge in [-0.1, -0.05) is 53.4 Å². The zero-order chi connectivity index (χ0) is 15.0. The summed E-state index contributed by atoms with van der Waals surface area (Å²) in [5.74, 6) is 0.863. The van der Waals surface area contributed by atoms with Crippen LogP contribution in [-0.2, 0) is 0 Å². The molecule has 1 N–H and O–H groups in total. The fraction of sp³-hybridized carbons (Fsp3) is 0.647. The van der Waals surface area contributed by atoms with Gasteiger partial charge in [0.1, 0.15) is 5.82 Å². The second kappa shape index (κ2) is 8.03. The van der Waals surface area contributed by atoms with Crippen molar-refractivity contribution in [2.24, 2.45) is 5.41 Å². The lowest BCUT2D eigenvalue weighted by molar-refractivity contribution is 0.0859. The van der Waals surface area contributed by atoms with Crippen molar-refractivity contribution in [1.82, 2.24) is 4.98 Å². The number of carbonyl (C=O) groups is 1. The summed E-state index contributed by atoms with van der Waals surface area (Å²) in [6.45, 7) is 8.92. The molecule has 1 heterocycles. The van der Waals surface area contributed by atoms with Gasteiger partial charge in [-0.2, -0.15) is 0 Å². The Morgan fingerprint density at radius 2 is 1.90 bits per heavy atom. The lowest BCUT2D eigenvalue weighted by Crippen LogP contribution is -2.22. The number of anilines is 1. The maximum atomic E-state index is 12.4. The van der Waals surface area contributed by atoms with Crippen molar-refractivity contribution in [3.63, 3.8) is 0 Å². The maximum absolute atomic E-state index is 12.4. The molecule has 0 aromatic carbocycles. The summed E-state index contributed by atoms with van der Waals surface area (Å²) in [7, 11) is 0. The van der Waals surface area contributed by atoms with Gasteiger partial charge in [0.2, 0.25) is 0 Å². The summed E-state index contributed by atoms with van der Waals surface area (Å²) in [6, 6.07) is 3.69. The average Bonchev–Trinajstić information content (AvgIpc) is 2.41. The topological polar surface area (TPSA) is 42.0 Å². The van der Waals surface area contributed by atoms with E-state index in [2.05, 4.69) is 17.2 Å². The van der Waals surface area contributed by atoms with Crippen LogP contribution in [0.15, 0.2) is 18.3 Å². The summed E-state index contributed by atoms with van der Waals surface area (Å²) in [4.78, 5) is 16.7. The summed E-state index contributed by atoms with van der Waals surface area (Å²) < 4.78 is 0. The number of pyridine rings is 1. The highest BCUT2D eigenvalue weighted by Gasteiger charge is 2.25. The van der Waals surface area contributed by atoms with Crippen LogP contribution in [0.2, 0.25) is 0 Å². The van der Waals surface area contributed by atoms with Crippen LogP contribution >= 0.6 is 0 Å². The van der Waals surface area contributed by atoms with Gasteiger partial charge in [0.15, 0.2) is 5.78 Å². The smallest absolute Gasteiger partial charge is 0.171 e. The third-order valence-corrected chi connectivity index (χ3v) is 3.31. The van der Waals surface area contributed by atoms with Crippen molar-refractivity contribution < 1.29 is 4.79 Å². The molecule has 3 nitrogen and oxygen atoms in total. The van der Waals surface area contributed by atoms with Gasteiger partial charge in [-0.3, -0.25) is 4.79 Å². The van der Waals surface area contributed by atoms with Gasteiger partial charge in [0.25, 0.3) is 0 Å². The van der Waals surface area contributed by atoms with Crippen molar-refractivity contribution in [1.29, 1.82) is 0 Å². The van der Waals surface area contributed by atoms with E-state index in [0.29, 0.717) is 5.56 Å². The van der Waals surface area contributed by atoms with Gasteiger partial charge >= 0.3 is 0 Å². The van der Waals surface area contributed by atoms with Crippen LogP contribution in [-0.4, -0.2) is 17.3 Å². The molecule has 1 aromatic heterocycles. The number of nitrogens with one attached hydrogen (secondary N) is 1. The number of Topliss-reactive ketones (excluding diaryl/α,β-unsaturated/α-hetero) is 1. The molecule has 0 saturated heterocycles. The highest BCUT2D eigenvalue weighted by Crippen LogP contribution is 2.24. The predicted octanol–water partition coefficient (Wildman–Crippen LogP) is 4.69. The lowest BCUT2D eigenvalue weighted by Gasteiger charge is -2.18. The molecule has 3 heteroatoms. The molecule has 1 rings (SSSR count). The third-order valence-electron chi connectivity index (χ3n) is 3.31. The van der Waals surface area contributed by atoms with Gasteiger partial charge in [0.05, 0.1) is 5.56 Å². The van der Waals surface area contributed by atoms with E-state index < -0.39 is 0 Å².